The lowest BCUT2D eigenvalue weighted by Crippen LogP contribution is -2.54. The number of rotatable bonds is 11. The maximum atomic E-state index is 14.1. The van der Waals surface area contributed by atoms with Gasteiger partial charge in [0.05, 0.1) is 17.0 Å². The monoisotopic (exact) mass is 581 g/mol. The van der Waals surface area contributed by atoms with E-state index in [0.717, 1.165) is 52.9 Å². The molecule has 1 unspecified atom stereocenters. The number of anilines is 1. The quantitative estimate of drug-likeness (QED) is 0.341. The van der Waals surface area contributed by atoms with Crippen LogP contribution in [0.4, 0.5) is 5.69 Å². The highest BCUT2D eigenvalue weighted by Crippen LogP contribution is 2.28. The van der Waals surface area contributed by atoms with Crippen LogP contribution in [-0.2, 0) is 32.6 Å². The van der Waals surface area contributed by atoms with E-state index in [4.69, 9.17) is 11.6 Å². The minimum atomic E-state index is -3.87. The number of benzene rings is 3. The SMILES string of the molecule is Cc1ccc(CN(C(=O)CN(c2ccccc2Cl)S(C)(=O)=O)C(Cc2ccccc2)C(=O)NC2CCCC2)cc1. The summed E-state index contributed by atoms with van der Waals surface area (Å²) in [4.78, 5) is 29.5. The van der Waals surface area contributed by atoms with Crippen LogP contribution in [0.25, 0.3) is 0 Å². The summed E-state index contributed by atoms with van der Waals surface area (Å²) in [5.74, 6) is -0.728. The van der Waals surface area contributed by atoms with Gasteiger partial charge < -0.3 is 10.2 Å². The molecule has 1 saturated carbocycles. The fraction of sp³-hybridized carbons (Fsp3) is 0.355. The van der Waals surface area contributed by atoms with Gasteiger partial charge in [0.15, 0.2) is 0 Å². The van der Waals surface area contributed by atoms with E-state index < -0.39 is 28.5 Å². The molecular weight excluding hydrogens is 546 g/mol. The lowest BCUT2D eigenvalue weighted by molar-refractivity contribution is -0.140. The summed E-state index contributed by atoms with van der Waals surface area (Å²) in [5.41, 5.74) is 3.03. The van der Waals surface area contributed by atoms with Gasteiger partial charge in [0.2, 0.25) is 21.8 Å². The molecule has 0 radical (unpaired) electrons. The van der Waals surface area contributed by atoms with Crippen LogP contribution in [0.5, 0.6) is 0 Å². The predicted octanol–water partition coefficient (Wildman–Crippen LogP) is 5.11. The Morgan fingerprint density at radius 1 is 0.925 bits per heavy atom. The lowest BCUT2D eigenvalue weighted by Gasteiger charge is -2.34. The third kappa shape index (κ3) is 7.86. The first-order valence-corrected chi connectivity index (χ1v) is 15.8. The van der Waals surface area contributed by atoms with E-state index in [1.807, 2.05) is 61.5 Å². The second-order valence-electron chi connectivity index (χ2n) is 10.4. The molecule has 1 atom stereocenters. The van der Waals surface area contributed by atoms with E-state index in [2.05, 4.69) is 5.32 Å². The van der Waals surface area contributed by atoms with Gasteiger partial charge in [-0.25, -0.2) is 8.42 Å². The number of nitrogens with one attached hydrogen (secondary N) is 1. The van der Waals surface area contributed by atoms with E-state index in [1.54, 1.807) is 24.3 Å². The summed E-state index contributed by atoms with van der Waals surface area (Å²) in [7, 11) is -3.87. The van der Waals surface area contributed by atoms with Gasteiger partial charge in [-0.2, -0.15) is 0 Å². The van der Waals surface area contributed by atoms with Gasteiger partial charge in [-0.15, -0.1) is 0 Å². The number of amides is 2. The first-order valence-electron chi connectivity index (χ1n) is 13.5. The number of hydrogen-bond donors (Lipinski definition) is 1. The van der Waals surface area contributed by atoms with Crippen LogP contribution in [0.3, 0.4) is 0 Å². The summed E-state index contributed by atoms with van der Waals surface area (Å²) in [6, 6.07) is 23.0. The standard InChI is InChI=1S/C31H36ClN3O4S/c1-23-16-18-25(19-17-23)21-34(30(36)22-35(40(2,38)39)28-15-9-8-14-27(28)32)29(20-24-10-4-3-5-11-24)31(37)33-26-12-6-7-13-26/h3-5,8-11,14-19,26,29H,6-7,12-13,20-22H2,1-2H3,(H,33,37). The third-order valence-electron chi connectivity index (χ3n) is 7.25. The molecule has 40 heavy (non-hydrogen) atoms. The lowest BCUT2D eigenvalue weighted by atomic mass is 10.0. The molecule has 1 aliphatic rings. The summed E-state index contributed by atoms with van der Waals surface area (Å²) >= 11 is 6.35. The fourth-order valence-electron chi connectivity index (χ4n) is 5.06. The van der Waals surface area contributed by atoms with Gasteiger partial charge >= 0.3 is 0 Å². The van der Waals surface area contributed by atoms with Gasteiger partial charge in [0.25, 0.3) is 0 Å². The molecule has 0 aliphatic heterocycles. The van der Waals surface area contributed by atoms with Crippen molar-refractivity contribution in [2.24, 2.45) is 0 Å². The van der Waals surface area contributed by atoms with Crippen molar-refractivity contribution in [3.63, 3.8) is 0 Å². The zero-order valence-corrected chi connectivity index (χ0v) is 24.5. The Kier molecular flexibility index (Phi) is 9.87. The third-order valence-corrected chi connectivity index (χ3v) is 8.69. The van der Waals surface area contributed by atoms with Crippen molar-refractivity contribution in [3.05, 3.63) is 101 Å². The second kappa shape index (κ2) is 13.3. The van der Waals surface area contributed by atoms with Gasteiger partial charge in [0, 0.05) is 19.0 Å². The molecule has 9 heteroatoms. The number of hydrogen-bond acceptors (Lipinski definition) is 4. The topological polar surface area (TPSA) is 86.8 Å². The van der Waals surface area contributed by atoms with Crippen LogP contribution in [0.2, 0.25) is 5.02 Å². The molecule has 2 amide bonds. The Morgan fingerprint density at radius 3 is 2.17 bits per heavy atom. The molecule has 0 bridgehead atoms. The smallest absolute Gasteiger partial charge is 0.244 e. The van der Waals surface area contributed by atoms with Crippen molar-refractivity contribution in [1.29, 1.82) is 0 Å². The van der Waals surface area contributed by atoms with E-state index in [9.17, 15) is 18.0 Å². The van der Waals surface area contributed by atoms with Crippen molar-refractivity contribution >= 4 is 39.1 Å². The fourth-order valence-corrected chi connectivity index (χ4v) is 6.21. The molecule has 1 fully saturated rings. The average molecular weight is 582 g/mol. The van der Waals surface area contributed by atoms with Crippen LogP contribution in [-0.4, -0.2) is 50.0 Å². The highest BCUT2D eigenvalue weighted by Gasteiger charge is 2.34. The second-order valence-corrected chi connectivity index (χ2v) is 12.7. The summed E-state index contributed by atoms with van der Waals surface area (Å²) in [6.45, 7) is 1.64. The Bertz CT molecular complexity index is 1410. The summed E-state index contributed by atoms with van der Waals surface area (Å²) in [5, 5.41) is 3.38. The zero-order chi connectivity index (χ0) is 28.7. The molecule has 0 spiro atoms. The summed E-state index contributed by atoms with van der Waals surface area (Å²) < 4.78 is 26.8. The van der Waals surface area contributed by atoms with E-state index in [0.29, 0.717) is 6.42 Å². The Hall–Kier alpha value is -3.36. The van der Waals surface area contributed by atoms with E-state index >= 15 is 0 Å². The molecule has 0 saturated heterocycles. The largest absolute Gasteiger partial charge is 0.352 e. The molecule has 3 aromatic rings. The number of aryl methyl sites for hydroxylation is 1. The zero-order valence-electron chi connectivity index (χ0n) is 22.9. The maximum absolute atomic E-state index is 14.1. The normalized spacial score (nSPS) is 14.5. The molecule has 0 aromatic heterocycles. The average Bonchev–Trinajstić information content (AvgIpc) is 3.43. The molecule has 4 rings (SSSR count). The van der Waals surface area contributed by atoms with Crippen LogP contribution < -0.4 is 9.62 Å². The van der Waals surface area contributed by atoms with Crippen molar-refractivity contribution in [3.8, 4) is 0 Å². The molecule has 1 N–H and O–H groups in total. The minimum absolute atomic E-state index is 0.0674. The maximum Gasteiger partial charge on any atom is 0.244 e. The highest BCUT2D eigenvalue weighted by molar-refractivity contribution is 7.92. The number of nitrogens with zero attached hydrogens (tertiary/aromatic N) is 2. The number of halogens is 1. The molecule has 1 aliphatic carbocycles. The predicted molar refractivity (Wildman–Crippen MR) is 160 cm³/mol. The van der Waals surface area contributed by atoms with Gasteiger partial charge in [-0.3, -0.25) is 13.9 Å². The Morgan fingerprint density at radius 2 is 1.55 bits per heavy atom. The molecule has 0 heterocycles. The number of carbonyl (C=O) groups is 2. The first-order chi connectivity index (χ1) is 19.1. The van der Waals surface area contributed by atoms with Crippen LogP contribution in [0, 0.1) is 6.92 Å². The van der Waals surface area contributed by atoms with Crippen molar-refractivity contribution < 1.29 is 18.0 Å². The minimum Gasteiger partial charge on any atom is -0.352 e. The molecule has 7 nitrogen and oxygen atoms in total. The van der Waals surface area contributed by atoms with Crippen molar-refractivity contribution in [2.45, 2.75) is 57.7 Å². The number of sulfonamides is 1. The molecular formula is C31H36ClN3O4S. The van der Waals surface area contributed by atoms with E-state index in [-0.39, 0.29) is 29.2 Å². The number of para-hydroxylation sites is 1. The van der Waals surface area contributed by atoms with Crippen molar-refractivity contribution in [2.75, 3.05) is 17.1 Å². The molecule has 3 aromatic carbocycles. The van der Waals surface area contributed by atoms with E-state index in [1.165, 1.54) is 4.90 Å². The first kappa shape index (κ1) is 29.6. The Balaban J connectivity index is 1.72. The van der Waals surface area contributed by atoms with Gasteiger partial charge in [0.1, 0.15) is 12.6 Å². The summed E-state index contributed by atoms with van der Waals surface area (Å²) in [6.07, 6.45) is 5.27. The van der Waals surface area contributed by atoms with Crippen LogP contribution in [0.1, 0.15) is 42.4 Å². The van der Waals surface area contributed by atoms with Gasteiger partial charge in [-0.05, 0) is 43.0 Å². The number of carbonyl (C=O) groups excluding carboxylic acids is 2. The molecule has 212 valence electrons. The van der Waals surface area contributed by atoms with Crippen LogP contribution in [0.15, 0.2) is 78.9 Å². The highest BCUT2D eigenvalue weighted by atomic mass is 35.5. The van der Waals surface area contributed by atoms with Crippen LogP contribution >= 0.6 is 11.6 Å². The van der Waals surface area contributed by atoms with Gasteiger partial charge in [-0.1, -0.05) is 96.7 Å². The van der Waals surface area contributed by atoms with Crippen molar-refractivity contribution in [1.82, 2.24) is 10.2 Å². The Labute approximate surface area is 242 Å².